The molecule has 0 aliphatic carbocycles. The molecule has 0 bridgehead atoms. The Labute approximate surface area is 102 Å². The van der Waals surface area contributed by atoms with Crippen molar-refractivity contribution in [3.8, 4) is 0 Å². The van der Waals surface area contributed by atoms with Crippen LogP contribution >= 0.6 is 0 Å². The number of hydrogen-bond donors (Lipinski definition) is 1. The molecule has 94 valence electrons. The number of halogens is 1. The van der Waals surface area contributed by atoms with Gasteiger partial charge in [-0.15, -0.1) is 0 Å². The zero-order valence-corrected chi connectivity index (χ0v) is 10.2. The topological polar surface area (TPSA) is 24.5 Å². The van der Waals surface area contributed by atoms with Crippen LogP contribution in [0.25, 0.3) is 0 Å². The van der Waals surface area contributed by atoms with Crippen LogP contribution in [0.2, 0.25) is 0 Å². The third-order valence-electron chi connectivity index (χ3n) is 2.99. The predicted octanol–water partition coefficient (Wildman–Crippen LogP) is 1.38. The number of nitrogens with one attached hydrogen (secondary N) is 1. The molecular weight excluding hydrogens is 219 g/mol. The fraction of sp³-hybridized carbons (Fsp3) is 0.538. The van der Waals surface area contributed by atoms with Crippen LogP contribution in [0.4, 0.5) is 4.39 Å². The third-order valence-corrected chi connectivity index (χ3v) is 2.99. The molecule has 1 N–H and O–H groups in total. The van der Waals surface area contributed by atoms with Gasteiger partial charge in [0, 0.05) is 31.7 Å². The Morgan fingerprint density at radius 1 is 1.35 bits per heavy atom. The van der Waals surface area contributed by atoms with Crippen molar-refractivity contribution < 1.29 is 9.13 Å². The standard InChI is InChI=1S/C13H19FN2O/c1-15-9-11-2-3-13(14)12(8-11)10-16-4-6-17-7-5-16/h2-3,8,15H,4-7,9-10H2,1H3. The fourth-order valence-electron chi connectivity index (χ4n) is 2.06. The zero-order valence-electron chi connectivity index (χ0n) is 10.2. The van der Waals surface area contributed by atoms with Crippen LogP contribution in [0.5, 0.6) is 0 Å². The van der Waals surface area contributed by atoms with Crippen molar-refractivity contribution >= 4 is 0 Å². The van der Waals surface area contributed by atoms with E-state index in [1.807, 2.05) is 19.2 Å². The van der Waals surface area contributed by atoms with Gasteiger partial charge in [-0.1, -0.05) is 12.1 Å². The molecule has 1 aliphatic heterocycles. The van der Waals surface area contributed by atoms with Crippen molar-refractivity contribution in [3.63, 3.8) is 0 Å². The normalized spacial score (nSPS) is 17.3. The van der Waals surface area contributed by atoms with Gasteiger partial charge in [0.25, 0.3) is 0 Å². The van der Waals surface area contributed by atoms with Gasteiger partial charge >= 0.3 is 0 Å². The molecule has 0 atom stereocenters. The van der Waals surface area contributed by atoms with E-state index in [0.29, 0.717) is 6.54 Å². The molecule has 3 nitrogen and oxygen atoms in total. The average molecular weight is 238 g/mol. The molecule has 1 aliphatic rings. The minimum absolute atomic E-state index is 0.114. The molecule has 1 heterocycles. The van der Waals surface area contributed by atoms with Crippen LogP contribution in [0, 0.1) is 5.82 Å². The lowest BCUT2D eigenvalue weighted by atomic mass is 10.1. The van der Waals surface area contributed by atoms with Crippen molar-refractivity contribution in [3.05, 3.63) is 35.1 Å². The molecule has 0 spiro atoms. The lowest BCUT2D eigenvalue weighted by molar-refractivity contribution is 0.0337. The number of nitrogens with zero attached hydrogens (tertiary/aromatic N) is 1. The number of benzene rings is 1. The minimum atomic E-state index is -0.114. The van der Waals surface area contributed by atoms with E-state index in [1.165, 1.54) is 0 Å². The molecule has 0 unspecified atom stereocenters. The first kappa shape index (κ1) is 12.5. The molecule has 1 aromatic rings. The lowest BCUT2D eigenvalue weighted by Gasteiger charge is -2.26. The van der Waals surface area contributed by atoms with Gasteiger partial charge in [-0.05, 0) is 18.7 Å². The Kier molecular flexibility index (Phi) is 4.48. The molecule has 2 rings (SSSR count). The largest absolute Gasteiger partial charge is 0.379 e. The summed E-state index contributed by atoms with van der Waals surface area (Å²) in [5.41, 5.74) is 1.90. The van der Waals surface area contributed by atoms with E-state index in [2.05, 4.69) is 10.2 Å². The summed E-state index contributed by atoms with van der Waals surface area (Å²) in [4.78, 5) is 2.23. The Morgan fingerprint density at radius 3 is 2.82 bits per heavy atom. The summed E-state index contributed by atoms with van der Waals surface area (Å²) in [6, 6.07) is 5.33. The van der Waals surface area contributed by atoms with Crippen molar-refractivity contribution in [1.82, 2.24) is 10.2 Å². The smallest absolute Gasteiger partial charge is 0.127 e. The van der Waals surface area contributed by atoms with E-state index in [9.17, 15) is 4.39 Å². The summed E-state index contributed by atoms with van der Waals surface area (Å²) in [5, 5.41) is 3.08. The predicted molar refractivity (Wildman–Crippen MR) is 65.3 cm³/mol. The van der Waals surface area contributed by atoms with Gasteiger partial charge < -0.3 is 10.1 Å². The van der Waals surface area contributed by atoms with Crippen LogP contribution in [0.1, 0.15) is 11.1 Å². The first-order valence-electron chi connectivity index (χ1n) is 6.01. The molecule has 0 radical (unpaired) electrons. The summed E-state index contributed by atoms with van der Waals surface area (Å²) < 4.78 is 19.0. The van der Waals surface area contributed by atoms with E-state index in [4.69, 9.17) is 4.74 Å². The highest BCUT2D eigenvalue weighted by Crippen LogP contribution is 2.14. The molecule has 17 heavy (non-hydrogen) atoms. The second kappa shape index (κ2) is 6.10. The highest BCUT2D eigenvalue weighted by Gasteiger charge is 2.13. The molecule has 0 saturated carbocycles. The van der Waals surface area contributed by atoms with Crippen LogP contribution in [-0.2, 0) is 17.8 Å². The summed E-state index contributed by atoms with van der Waals surface area (Å²) in [5.74, 6) is -0.114. The third kappa shape index (κ3) is 3.49. The van der Waals surface area contributed by atoms with E-state index in [1.54, 1.807) is 6.07 Å². The van der Waals surface area contributed by atoms with Gasteiger partial charge in [-0.25, -0.2) is 4.39 Å². The monoisotopic (exact) mass is 238 g/mol. The highest BCUT2D eigenvalue weighted by molar-refractivity contribution is 5.25. The Morgan fingerprint density at radius 2 is 2.12 bits per heavy atom. The van der Waals surface area contributed by atoms with Gasteiger partial charge in [-0.3, -0.25) is 4.90 Å². The SMILES string of the molecule is CNCc1ccc(F)c(CN2CCOCC2)c1. The number of rotatable bonds is 4. The van der Waals surface area contributed by atoms with E-state index >= 15 is 0 Å². The second-order valence-electron chi connectivity index (χ2n) is 4.34. The fourth-order valence-corrected chi connectivity index (χ4v) is 2.06. The molecular formula is C13H19FN2O. The second-order valence-corrected chi connectivity index (χ2v) is 4.34. The quantitative estimate of drug-likeness (QED) is 0.857. The molecule has 0 amide bonds. The van der Waals surface area contributed by atoms with Crippen molar-refractivity contribution in [2.75, 3.05) is 33.4 Å². The molecule has 1 fully saturated rings. The van der Waals surface area contributed by atoms with E-state index in [-0.39, 0.29) is 5.82 Å². The number of hydrogen-bond acceptors (Lipinski definition) is 3. The van der Waals surface area contributed by atoms with Crippen molar-refractivity contribution in [1.29, 1.82) is 0 Å². The maximum absolute atomic E-state index is 13.7. The number of ether oxygens (including phenoxy) is 1. The molecule has 4 heteroatoms. The Hall–Kier alpha value is -0.970. The highest BCUT2D eigenvalue weighted by atomic mass is 19.1. The first-order chi connectivity index (χ1) is 8.29. The minimum Gasteiger partial charge on any atom is -0.379 e. The van der Waals surface area contributed by atoms with Gasteiger partial charge in [0.1, 0.15) is 5.82 Å². The first-order valence-corrected chi connectivity index (χ1v) is 6.01. The zero-order chi connectivity index (χ0) is 12.1. The molecule has 1 aromatic carbocycles. The van der Waals surface area contributed by atoms with Crippen LogP contribution in [0.15, 0.2) is 18.2 Å². The summed E-state index contributed by atoms with van der Waals surface area (Å²) in [7, 11) is 1.89. The maximum Gasteiger partial charge on any atom is 0.127 e. The van der Waals surface area contributed by atoms with Gasteiger partial charge in [0.15, 0.2) is 0 Å². The Balaban J connectivity index is 2.04. The van der Waals surface area contributed by atoms with Gasteiger partial charge in [0.2, 0.25) is 0 Å². The average Bonchev–Trinajstić information content (AvgIpc) is 2.35. The van der Waals surface area contributed by atoms with Gasteiger partial charge in [0.05, 0.1) is 13.2 Å². The van der Waals surface area contributed by atoms with E-state index < -0.39 is 0 Å². The number of morpholine rings is 1. The summed E-state index contributed by atoms with van der Waals surface area (Å²) in [6.07, 6.45) is 0. The molecule has 1 saturated heterocycles. The Bertz CT molecular complexity index is 364. The van der Waals surface area contributed by atoms with Crippen molar-refractivity contribution in [2.45, 2.75) is 13.1 Å². The maximum atomic E-state index is 13.7. The summed E-state index contributed by atoms with van der Waals surface area (Å²) >= 11 is 0. The molecule has 0 aromatic heterocycles. The van der Waals surface area contributed by atoms with Gasteiger partial charge in [-0.2, -0.15) is 0 Å². The van der Waals surface area contributed by atoms with Crippen LogP contribution < -0.4 is 5.32 Å². The summed E-state index contributed by atoms with van der Waals surface area (Å²) in [6.45, 7) is 4.71. The van der Waals surface area contributed by atoms with Crippen LogP contribution in [0.3, 0.4) is 0 Å². The van der Waals surface area contributed by atoms with Crippen molar-refractivity contribution in [2.24, 2.45) is 0 Å². The lowest BCUT2D eigenvalue weighted by Crippen LogP contribution is -2.35. The van der Waals surface area contributed by atoms with E-state index in [0.717, 1.165) is 44.0 Å². The van der Waals surface area contributed by atoms with Crippen LogP contribution in [-0.4, -0.2) is 38.3 Å².